The van der Waals surface area contributed by atoms with Crippen LogP contribution in [0.15, 0.2) is 41.3 Å². The van der Waals surface area contributed by atoms with E-state index in [-0.39, 0.29) is 40.4 Å². The monoisotopic (exact) mass is 464 g/mol. The van der Waals surface area contributed by atoms with Crippen LogP contribution in [0.4, 0.5) is 5.69 Å². The first-order valence-electron chi connectivity index (χ1n) is 10.4. The third kappa shape index (κ3) is 5.12. The second-order valence-corrected chi connectivity index (χ2v) is 10.6. The molecule has 2 aromatic carbocycles. The van der Waals surface area contributed by atoms with Crippen molar-refractivity contribution >= 4 is 33.2 Å². The molecule has 0 aromatic heterocycles. The fourth-order valence-corrected chi connectivity index (χ4v) is 5.29. The van der Waals surface area contributed by atoms with Crippen LogP contribution in [-0.2, 0) is 14.8 Å². The van der Waals surface area contributed by atoms with Gasteiger partial charge in [0.1, 0.15) is 0 Å². The summed E-state index contributed by atoms with van der Waals surface area (Å²) in [6.07, 6.45) is 0. The Morgan fingerprint density at radius 3 is 2.16 bits per heavy atom. The molecule has 0 spiro atoms. The Balaban J connectivity index is 1.98. The number of para-hydroxylation sites is 1. The summed E-state index contributed by atoms with van der Waals surface area (Å²) in [5.74, 6) is -0.0194. The summed E-state index contributed by atoms with van der Waals surface area (Å²) in [5.41, 5.74) is 2.93. The summed E-state index contributed by atoms with van der Waals surface area (Å²) in [5, 5.41) is 3.21. The summed E-state index contributed by atoms with van der Waals surface area (Å²) in [6.45, 7) is 9.54. The Morgan fingerprint density at radius 2 is 1.61 bits per heavy atom. The SMILES string of the molecule is CC(C)c1cccc(C(C)C)c1NC(=O)c1cc(S(=O)(=O)N2CCOCC2)ccc1Cl. The van der Waals surface area contributed by atoms with Gasteiger partial charge in [0, 0.05) is 18.8 Å². The molecular weight excluding hydrogens is 436 g/mol. The summed E-state index contributed by atoms with van der Waals surface area (Å²) >= 11 is 6.31. The fourth-order valence-electron chi connectivity index (χ4n) is 3.65. The number of carbonyl (C=O) groups excluding carboxylic acids is 1. The van der Waals surface area contributed by atoms with Gasteiger partial charge in [0.05, 0.1) is 28.7 Å². The number of nitrogens with one attached hydrogen (secondary N) is 1. The van der Waals surface area contributed by atoms with Crippen LogP contribution < -0.4 is 5.32 Å². The van der Waals surface area contributed by atoms with Crippen molar-refractivity contribution in [2.45, 2.75) is 44.4 Å². The number of carbonyl (C=O) groups is 1. The molecule has 6 nitrogen and oxygen atoms in total. The maximum atomic E-state index is 13.2. The van der Waals surface area contributed by atoms with Crippen LogP contribution >= 0.6 is 11.6 Å². The molecule has 2 aromatic rings. The van der Waals surface area contributed by atoms with E-state index in [4.69, 9.17) is 16.3 Å². The number of halogens is 1. The van der Waals surface area contributed by atoms with Crippen molar-refractivity contribution in [2.75, 3.05) is 31.6 Å². The number of hydrogen-bond acceptors (Lipinski definition) is 4. The van der Waals surface area contributed by atoms with Crippen molar-refractivity contribution in [3.8, 4) is 0 Å². The molecule has 8 heteroatoms. The highest BCUT2D eigenvalue weighted by Gasteiger charge is 2.28. The number of rotatable bonds is 6. The van der Waals surface area contributed by atoms with Crippen molar-refractivity contribution in [3.05, 3.63) is 58.1 Å². The van der Waals surface area contributed by atoms with Gasteiger partial charge >= 0.3 is 0 Å². The van der Waals surface area contributed by atoms with Gasteiger partial charge in [0.2, 0.25) is 10.0 Å². The van der Waals surface area contributed by atoms with Crippen molar-refractivity contribution in [1.82, 2.24) is 4.31 Å². The summed E-state index contributed by atoms with van der Waals surface area (Å²) in [7, 11) is -3.74. The minimum absolute atomic E-state index is 0.0465. The summed E-state index contributed by atoms with van der Waals surface area (Å²) in [4.78, 5) is 13.3. The normalized spacial score (nSPS) is 15.5. The Bertz CT molecular complexity index is 1030. The van der Waals surface area contributed by atoms with E-state index in [0.29, 0.717) is 13.2 Å². The van der Waals surface area contributed by atoms with Gasteiger partial charge in [0.25, 0.3) is 5.91 Å². The van der Waals surface area contributed by atoms with Gasteiger partial charge in [-0.25, -0.2) is 8.42 Å². The molecule has 1 aliphatic heterocycles. The number of ether oxygens (including phenoxy) is 1. The van der Waals surface area contributed by atoms with Gasteiger partial charge in [-0.2, -0.15) is 4.31 Å². The first-order valence-corrected chi connectivity index (χ1v) is 12.3. The lowest BCUT2D eigenvalue weighted by atomic mass is 9.92. The molecule has 31 heavy (non-hydrogen) atoms. The molecule has 1 fully saturated rings. The standard InChI is InChI=1S/C23H29ClN2O4S/c1-15(2)18-6-5-7-19(16(3)4)22(18)25-23(27)20-14-17(8-9-21(20)24)31(28,29)26-10-12-30-13-11-26/h5-9,14-16H,10-13H2,1-4H3,(H,25,27). The lowest BCUT2D eigenvalue weighted by molar-refractivity contribution is 0.0730. The van der Waals surface area contributed by atoms with E-state index in [0.717, 1.165) is 16.8 Å². The van der Waals surface area contributed by atoms with Gasteiger partial charge < -0.3 is 10.1 Å². The van der Waals surface area contributed by atoms with Gasteiger partial charge in [0.15, 0.2) is 0 Å². The van der Waals surface area contributed by atoms with Crippen molar-refractivity contribution in [1.29, 1.82) is 0 Å². The number of sulfonamides is 1. The molecule has 1 aliphatic rings. The van der Waals surface area contributed by atoms with E-state index in [1.807, 2.05) is 18.2 Å². The third-order valence-corrected chi connectivity index (χ3v) is 7.63. The fraction of sp³-hybridized carbons (Fsp3) is 0.435. The minimum atomic E-state index is -3.74. The zero-order valence-electron chi connectivity index (χ0n) is 18.3. The predicted molar refractivity (Wildman–Crippen MR) is 124 cm³/mol. The molecule has 0 unspecified atom stereocenters. The summed E-state index contributed by atoms with van der Waals surface area (Å²) in [6, 6.07) is 10.2. The van der Waals surface area contributed by atoms with E-state index >= 15 is 0 Å². The number of benzene rings is 2. The molecule has 0 saturated carbocycles. The molecular formula is C23H29ClN2O4S. The number of anilines is 1. The Hall–Kier alpha value is -1.93. The van der Waals surface area contributed by atoms with E-state index in [1.165, 1.54) is 22.5 Å². The third-order valence-electron chi connectivity index (χ3n) is 5.40. The van der Waals surface area contributed by atoms with Crippen molar-refractivity contribution in [3.63, 3.8) is 0 Å². The Kier molecular flexibility index (Phi) is 7.42. The molecule has 168 valence electrons. The molecule has 1 saturated heterocycles. The highest BCUT2D eigenvalue weighted by molar-refractivity contribution is 7.89. The Morgan fingerprint density at radius 1 is 1.03 bits per heavy atom. The van der Waals surface area contributed by atoms with Gasteiger partial charge in [-0.15, -0.1) is 0 Å². The molecule has 0 atom stereocenters. The lowest BCUT2D eigenvalue weighted by Gasteiger charge is -2.26. The average molecular weight is 465 g/mol. The van der Waals surface area contributed by atoms with Crippen LogP contribution in [0.5, 0.6) is 0 Å². The van der Waals surface area contributed by atoms with E-state index in [9.17, 15) is 13.2 Å². The molecule has 1 heterocycles. The second-order valence-electron chi connectivity index (χ2n) is 8.23. The highest BCUT2D eigenvalue weighted by Crippen LogP contribution is 2.33. The Labute approximate surface area is 189 Å². The summed E-state index contributed by atoms with van der Waals surface area (Å²) < 4.78 is 32.6. The van der Waals surface area contributed by atoms with E-state index in [2.05, 4.69) is 33.0 Å². The minimum Gasteiger partial charge on any atom is -0.379 e. The molecule has 0 radical (unpaired) electrons. The highest BCUT2D eigenvalue weighted by atomic mass is 35.5. The number of morpholine rings is 1. The molecule has 0 aliphatic carbocycles. The average Bonchev–Trinajstić information content (AvgIpc) is 2.74. The largest absolute Gasteiger partial charge is 0.379 e. The maximum absolute atomic E-state index is 13.2. The van der Waals surface area contributed by atoms with Crippen LogP contribution in [-0.4, -0.2) is 44.9 Å². The first-order chi connectivity index (χ1) is 14.6. The van der Waals surface area contributed by atoms with Crippen molar-refractivity contribution < 1.29 is 17.9 Å². The zero-order valence-corrected chi connectivity index (χ0v) is 19.9. The smallest absolute Gasteiger partial charge is 0.257 e. The van der Waals surface area contributed by atoms with Gasteiger partial charge in [-0.05, 0) is 41.2 Å². The lowest BCUT2D eigenvalue weighted by Crippen LogP contribution is -2.40. The predicted octanol–water partition coefficient (Wildman–Crippen LogP) is 4.86. The molecule has 3 rings (SSSR count). The number of amides is 1. The van der Waals surface area contributed by atoms with Crippen LogP contribution in [0, 0.1) is 0 Å². The van der Waals surface area contributed by atoms with Crippen LogP contribution in [0.3, 0.4) is 0 Å². The quantitative estimate of drug-likeness (QED) is 0.662. The number of hydrogen-bond donors (Lipinski definition) is 1. The first kappa shape index (κ1) is 23.7. The maximum Gasteiger partial charge on any atom is 0.257 e. The van der Waals surface area contributed by atoms with Crippen LogP contribution in [0.2, 0.25) is 5.02 Å². The van der Waals surface area contributed by atoms with E-state index < -0.39 is 15.9 Å². The zero-order chi connectivity index (χ0) is 22.8. The van der Waals surface area contributed by atoms with Crippen LogP contribution in [0.1, 0.15) is 61.0 Å². The van der Waals surface area contributed by atoms with Gasteiger partial charge in [-0.1, -0.05) is 57.5 Å². The van der Waals surface area contributed by atoms with E-state index in [1.54, 1.807) is 0 Å². The van der Waals surface area contributed by atoms with Gasteiger partial charge in [-0.3, -0.25) is 4.79 Å². The number of nitrogens with zero attached hydrogens (tertiary/aromatic N) is 1. The molecule has 0 bridgehead atoms. The topological polar surface area (TPSA) is 75.7 Å². The van der Waals surface area contributed by atoms with Crippen molar-refractivity contribution in [2.24, 2.45) is 0 Å². The van der Waals surface area contributed by atoms with Crippen LogP contribution in [0.25, 0.3) is 0 Å². The molecule has 1 amide bonds. The second kappa shape index (κ2) is 9.69. The molecule has 1 N–H and O–H groups in total.